The number of hydrogen-bond donors (Lipinski definition) is 1. The molecular formula is C16H17BrClNO. The highest BCUT2D eigenvalue weighted by molar-refractivity contribution is 9.10. The van der Waals surface area contributed by atoms with Crippen LogP contribution in [0.2, 0.25) is 5.02 Å². The molecule has 0 amide bonds. The van der Waals surface area contributed by atoms with Crippen molar-refractivity contribution >= 4 is 27.5 Å². The van der Waals surface area contributed by atoms with Crippen LogP contribution < -0.4 is 10.1 Å². The van der Waals surface area contributed by atoms with Gasteiger partial charge in [0.25, 0.3) is 0 Å². The van der Waals surface area contributed by atoms with Crippen molar-refractivity contribution in [3.8, 4) is 5.75 Å². The first kappa shape index (κ1) is 15.4. The number of ether oxygens (including phenoxy) is 1. The smallest absolute Gasteiger partial charge is 0.119 e. The van der Waals surface area contributed by atoms with Crippen LogP contribution in [-0.4, -0.2) is 13.7 Å². The van der Waals surface area contributed by atoms with E-state index >= 15 is 0 Å². The van der Waals surface area contributed by atoms with Gasteiger partial charge >= 0.3 is 0 Å². The van der Waals surface area contributed by atoms with E-state index in [0.29, 0.717) is 6.61 Å². The molecular weight excluding hydrogens is 338 g/mol. The lowest BCUT2D eigenvalue weighted by Crippen LogP contribution is -2.17. The Morgan fingerprint density at radius 3 is 2.65 bits per heavy atom. The molecule has 0 bridgehead atoms. The van der Waals surface area contributed by atoms with Gasteiger partial charge in [-0.2, -0.15) is 0 Å². The Morgan fingerprint density at radius 1 is 1.20 bits per heavy atom. The molecule has 2 nitrogen and oxygen atoms in total. The SMILES string of the molecule is CCOc1cccc(C(NC)c2cc(Cl)cc(Br)c2)c1. The Bertz CT molecular complexity index is 568. The molecule has 4 heteroatoms. The standard InChI is InChI=1S/C16H17BrClNO/c1-3-20-15-6-4-5-11(9-15)16(19-2)12-7-13(17)10-14(18)8-12/h4-10,16,19H,3H2,1-2H3. The second kappa shape index (κ2) is 7.11. The Hall–Kier alpha value is -1.03. The zero-order valence-electron chi connectivity index (χ0n) is 11.5. The van der Waals surface area contributed by atoms with Crippen molar-refractivity contribution in [1.82, 2.24) is 5.32 Å². The second-order valence-corrected chi connectivity index (χ2v) is 5.78. The highest BCUT2D eigenvalue weighted by Gasteiger charge is 2.14. The fraction of sp³-hybridized carbons (Fsp3) is 0.250. The summed E-state index contributed by atoms with van der Waals surface area (Å²) in [6.07, 6.45) is 0. The van der Waals surface area contributed by atoms with Gasteiger partial charge in [0.2, 0.25) is 0 Å². The molecule has 0 aromatic heterocycles. The fourth-order valence-corrected chi connectivity index (χ4v) is 3.10. The quantitative estimate of drug-likeness (QED) is 0.832. The molecule has 1 unspecified atom stereocenters. The molecule has 0 radical (unpaired) electrons. The summed E-state index contributed by atoms with van der Waals surface area (Å²) in [4.78, 5) is 0. The molecule has 0 fully saturated rings. The predicted molar refractivity (Wildman–Crippen MR) is 87.7 cm³/mol. The van der Waals surface area contributed by atoms with Gasteiger partial charge in [-0.1, -0.05) is 39.7 Å². The van der Waals surface area contributed by atoms with Crippen molar-refractivity contribution in [3.05, 3.63) is 63.1 Å². The summed E-state index contributed by atoms with van der Waals surface area (Å²) in [7, 11) is 1.94. The molecule has 0 spiro atoms. The minimum absolute atomic E-state index is 0.0745. The van der Waals surface area contributed by atoms with Gasteiger partial charge in [0, 0.05) is 9.50 Å². The third-order valence-electron chi connectivity index (χ3n) is 3.01. The highest BCUT2D eigenvalue weighted by Crippen LogP contribution is 2.29. The van der Waals surface area contributed by atoms with Gasteiger partial charge in [0.15, 0.2) is 0 Å². The van der Waals surface area contributed by atoms with Crippen LogP contribution in [0.1, 0.15) is 24.1 Å². The van der Waals surface area contributed by atoms with Gasteiger partial charge in [-0.15, -0.1) is 0 Å². The van der Waals surface area contributed by atoms with Gasteiger partial charge in [-0.05, 0) is 55.4 Å². The lowest BCUT2D eigenvalue weighted by atomic mass is 9.99. The third-order valence-corrected chi connectivity index (χ3v) is 3.69. The van der Waals surface area contributed by atoms with E-state index in [9.17, 15) is 0 Å². The van der Waals surface area contributed by atoms with Crippen LogP contribution in [0.3, 0.4) is 0 Å². The number of halogens is 2. The minimum Gasteiger partial charge on any atom is -0.494 e. The molecule has 0 aliphatic carbocycles. The number of rotatable bonds is 5. The molecule has 0 saturated carbocycles. The second-order valence-electron chi connectivity index (χ2n) is 4.43. The van der Waals surface area contributed by atoms with E-state index in [1.807, 2.05) is 38.2 Å². The van der Waals surface area contributed by atoms with Crippen LogP contribution in [0.4, 0.5) is 0 Å². The van der Waals surface area contributed by atoms with E-state index in [2.05, 4.69) is 39.4 Å². The van der Waals surface area contributed by atoms with Crippen molar-refractivity contribution in [2.24, 2.45) is 0 Å². The van der Waals surface area contributed by atoms with Crippen LogP contribution in [0, 0.1) is 0 Å². The molecule has 106 valence electrons. The monoisotopic (exact) mass is 353 g/mol. The Balaban J connectivity index is 2.38. The van der Waals surface area contributed by atoms with Gasteiger partial charge in [-0.25, -0.2) is 0 Å². The number of hydrogen-bond acceptors (Lipinski definition) is 2. The maximum Gasteiger partial charge on any atom is 0.119 e. The molecule has 0 heterocycles. The molecule has 1 atom stereocenters. The third kappa shape index (κ3) is 3.75. The Labute approximate surface area is 133 Å². The minimum atomic E-state index is 0.0745. The van der Waals surface area contributed by atoms with Gasteiger partial charge < -0.3 is 10.1 Å². The summed E-state index contributed by atoms with van der Waals surface area (Å²) >= 11 is 9.62. The van der Waals surface area contributed by atoms with E-state index in [0.717, 1.165) is 26.4 Å². The summed E-state index contributed by atoms with van der Waals surface area (Å²) in [5.74, 6) is 0.881. The van der Waals surface area contributed by atoms with Crippen molar-refractivity contribution < 1.29 is 4.74 Å². The van der Waals surface area contributed by atoms with Crippen molar-refractivity contribution in [2.75, 3.05) is 13.7 Å². The maximum absolute atomic E-state index is 6.14. The average Bonchev–Trinajstić information content (AvgIpc) is 2.39. The average molecular weight is 355 g/mol. The van der Waals surface area contributed by atoms with Crippen molar-refractivity contribution in [1.29, 1.82) is 0 Å². The van der Waals surface area contributed by atoms with Crippen LogP contribution in [0.5, 0.6) is 5.75 Å². The van der Waals surface area contributed by atoms with Gasteiger partial charge in [0.1, 0.15) is 5.75 Å². The number of nitrogens with one attached hydrogen (secondary N) is 1. The van der Waals surface area contributed by atoms with Crippen LogP contribution in [0.15, 0.2) is 46.9 Å². The van der Waals surface area contributed by atoms with E-state index in [1.165, 1.54) is 0 Å². The van der Waals surface area contributed by atoms with Gasteiger partial charge in [-0.3, -0.25) is 0 Å². The summed E-state index contributed by atoms with van der Waals surface area (Å²) in [6, 6.07) is 14.1. The van der Waals surface area contributed by atoms with E-state index in [1.54, 1.807) is 0 Å². The first-order valence-corrected chi connectivity index (χ1v) is 7.67. The first-order chi connectivity index (χ1) is 9.63. The molecule has 20 heavy (non-hydrogen) atoms. The lowest BCUT2D eigenvalue weighted by Gasteiger charge is -2.19. The lowest BCUT2D eigenvalue weighted by molar-refractivity contribution is 0.339. The summed E-state index contributed by atoms with van der Waals surface area (Å²) in [5, 5.41) is 4.04. The van der Waals surface area contributed by atoms with Gasteiger partial charge in [0.05, 0.1) is 12.6 Å². The molecule has 2 aromatic carbocycles. The first-order valence-electron chi connectivity index (χ1n) is 6.50. The van der Waals surface area contributed by atoms with E-state index in [-0.39, 0.29) is 6.04 Å². The molecule has 1 N–H and O–H groups in total. The molecule has 2 rings (SSSR count). The highest BCUT2D eigenvalue weighted by atomic mass is 79.9. The van der Waals surface area contributed by atoms with E-state index in [4.69, 9.17) is 16.3 Å². The Kier molecular flexibility index (Phi) is 5.46. The van der Waals surface area contributed by atoms with Crippen LogP contribution in [-0.2, 0) is 0 Å². The van der Waals surface area contributed by atoms with Crippen molar-refractivity contribution in [3.63, 3.8) is 0 Å². The summed E-state index contributed by atoms with van der Waals surface area (Å²) in [6.45, 7) is 2.65. The van der Waals surface area contributed by atoms with Crippen LogP contribution in [0.25, 0.3) is 0 Å². The molecule has 0 aliphatic rings. The number of benzene rings is 2. The molecule has 2 aromatic rings. The molecule has 0 saturated heterocycles. The maximum atomic E-state index is 6.14. The zero-order valence-corrected chi connectivity index (χ0v) is 13.8. The summed E-state index contributed by atoms with van der Waals surface area (Å²) in [5.41, 5.74) is 2.26. The van der Waals surface area contributed by atoms with Crippen molar-refractivity contribution in [2.45, 2.75) is 13.0 Å². The largest absolute Gasteiger partial charge is 0.494 e. The normalized spacial score (nSPS) is 12.2. The van der Waals surface area contributed by atoms with Crippen LogP contribution >= 0.6 is 27.5 Å². The van der Waals surface area contributed by atoms with E-state index < -0.39 is 0 Å². The summed E-state index contributed by atoms with van der Waals surface area (Å²) < 4.78 is 6.53. The molecule has 0 aliphatic heterocycles. The topological polar surface area (TPSA) is 21.3 Å². The zero-order chi connectivity index (χ0) is 14.5. The Morgan fingerprint density at radius 2 is 2.00 bits per heavy atom. The predicted octanol–water partition coefficient (Wildman–Crippen LogP) is 4.81. The fourth-order valence-electron chi connectivity index (χ4n) is 2.22.